The smallest absolute Gasteiger partial charge is 0.0224 e. The van der Waals surface area contributed by atoms with E-state index in [1.807, 2.05) is 0 Å². The lowest BCUT2D eigenvalue weighted by molar-refractivity contribution is 0.717. The molecule has 0 aliphatic carbocycles. The second kappa shape index (κ2) is 7.58. The zero-order chi connectivity index (χ0) is 13.3. The molecule has 0 heteroatoms. The van der Waals surface area contributed by atoms with Crippen LogP contribution in [0.4, 0.5) is 0 Å². The van der Waals surface area contributed by atoms with Gasteiger partial charge in [0.15, 0.2) is 0 Å². The van der Waals surface area contributed by atoms with Crippen LogP contribution in [0, 0.1) is 0 Å². The molecule has 0 atom stereocenters. The van der Waals surface area contributed by atoms with Crippen LogP contribution in [0.5, 0.6) is 0 Å². The number of rotatable bonds is 6. The van der Waals surface area contributed by atoms with Gasteiger partial charge in [-0.25, -0.2) is 0 Å². The number of aryl methyl sites for hydroxylation is 1. The van der Waals surface area contributed by atoms with Gasteiger partial charge in [0.1, 0.15) is 0 Å². The Hall–Kier alpha value is -1.82. The fraction of sp³-hybridized carbons (Fsp3) is 0.263. The van der Waals surface area contributed by atoms with Crippen LogP contribution in [-0.4, -0.2) is 0 Å². The van der Waals surface area contributed by atoms with Crippen LogP contribution in [0.3, 0.4) is 0 Å². The predicted molar refractivity (Wildman–Crippen MR) is 85.0 cm³/mol. The fourth-order valence-corrected chi connectivity index (χ4v) is 2.24. The molecule has 0 unspecified atom stereocenters. The number of hydrogen-bond acceptors (Lipinski definition) is 0. The third kappa shape index (κ3) is 4.40. The maximum atomic E-state index is 2.25. The summed E-state index contributed by atoms with van der Waals surface area (Å²) in [6.45, 7) is 2.25. The summed E-state index contributed by atoms with van der Waals surface area (Å²) in [5, 5.41) is 0. The SMILES string of the molecule is CCCCCc1ccccc1C=Cc1ccccc1. The molecule has 0 bridgehead atoms. The van der Waals surface area contributed by atoms with Crippen molar-refractivity contribution in [2.75, 3.05) is 0 Å². The highest BCUT2D eigenvalue weighted by atomic mass is 14.0. The molecule has 98 valence electrons. The molecule has 0 heterocycles. The van der Waals surface area contributed by atoms with Crippen molar-refractivity contribution in [1.29, 1.82) is 0 Å². The average molecular weight is 250 g/mol. The molecule has 0 aromatic heterocycles. The van der Waals surface area contributed by atoms with Crippen LogP contribution >= 0.6 is 0 Å². The normalized spacial score (nSPS) is 11.0. The third-order valence-corrected chi connectivity index (χ3v) is 3.36. The van der Waals surface area contributed by atoms with E-state index in [1.54, 1.807) is 0 Å². The highest BCUT2D eigenvalue weighted by Crippen LogP contribution is 2.16. The molecule has 0 aliphatic heterocycles. The first-order valence-corrected chi connectivity index (χ1v) is 7.21. The Morgan fingerprint density at radius 1 is 0.789 bits per heavy atom. The van der Waals surface area contributed by atoms with Gasteiger partial charge in [0.05, 0.1) is 0 Å². The first-order chi connectivity index (χ1) is 9.40. The summed E-state index contributed by atoms with van der Waals surface area (Å²) in [4.78, 5) is 0. The second-order valence-corrected chi connectivity index (χ2v) is 4.90. The van der Waals surface area contributed by atoms with Gasteiger partial charge in [0.2, 0.25) is 0 Å². The minimum absolute atomic E-state index is 1.18. The molecule has 0 saturated heterocycles. The average Bonchev–Trinajstić information content (AvgIpc) is 2.48. The van der Waals surface area contributed by atoms with Crippen LogP contribution in [0.2, 0.25) is 0 Å². The minimum atomic E-state index is 1.18. The van der Waals surface area contributed by atoms with Crippen molar-refractivity contribution in [3.63, 3.8) is 0 Å². The van der Waals surface area contributed by atoms with E-state index >= 15 is 0 Å². The quantitative estimate of drug-likeness (QED) is 0.463. The molecule has 0 fully saturated rings. The third-order valence-electron chi connectivity index (χ3n) is 3.36. The Labute approximate surface area is 116 Å². The Morgan fingerprint density at radius 3 is 2.32 bits per heavy atom. The monoisotopic (exact) mass is 250 g/mol. The van der Waals surface area contributed by atoms with Crippen molar-refractivity contribution >= 4 is 12.2 Å². The Balaban J connectivity index is 2.09. The zero-order valence-corrected chi connectivity index (χ0v) is 11.7. The van der Waals surface area contributed by atoms with Gasteiger partial charge in [-0.2, -0.15) is 0 Å². The van der Waals surface area contributed by atoms with Crippen molar-refractivity contribution in [2.24, 2.45) is 0 Å². The van der Waals surface area contributed by atoms with E-state index in [2.05, 4.69) is 73.7 Å². The van der Waals surface area contributed by atoms with E-state index in [1.165, 1.54) is 42.4 Å². The van der Waals surface area contributed by atoms with Gasteiger partial charge in [-0.15, -0.1) is 0 Å². The Morgan fingerprint density at radius 2 is 1.53 bits per heavy atom. The van der Waals surface area contributed by atoms with Crippen molar-refractivity contribution < 1.29 is 0 Å². The van der Waals surface area contributed by atoms with Gasteiger partial charge in [0, 0.05) is 0 Å². The molecule has 0 aliphatic rings. The van der Waals surface area contributed by atoms with Crippen molar-refractivity contribution in [3.05, 3.63) is 71.3 Å². The second-order valence-electron chi connectivity index (χ2n) is 4.90. The molecule has 0 N–H and O–H groups in total. The molecule has 19 heavy (non-hydrogen) atoms. The summed E-state index contributed by atoms with van der Waals surface area (Å²) < 4.78 is 0. The molecule has 0 radical (unpaired) electrons. The van der Waals surface area contributed by atoms with Gasteiger partial charge in [0.25, 0.3) is 0 Å². The summed E-state index contributed by atoms with van der Waals surface area (Å²) in [6.07, 6.45) is 9.49. The molecule has 0 amide bonds. The highest BCUT2D eigenvalue weighted by Gasteiger charge is 1.98. The maximum Gasteiger partial charge on any atom is -0.0224 e. The first-order valence-electron chi connectivity index (χ1n) is 7.21. The van der Waals surface area contributed by atoms with E-state index in [-0.39, 0.29) is 0 Å². The van der Waals surface area contributed by atoms with Gasteiger partial charge >= 0.3 is 0 Å². The largest absolute Gasteiger partial charge is 0.0654 e. The summed E-state index contributed by atoms with van der Waals surface area (Å²) >= 11 is 0. The van der Waals surface area contributed by atoms with Gasteiger partial charge in [-0.1, -0.05) is 86.5 Å². The minimum Gasteiger partial charge on any atom is -0.0654 e. The molecule has 2 rings (SSSR count). The molecule has 2 aromatic rings. The van der Waals surface area contributed by atoms with E-state index < -0.39 is 0 Å². The van der Waals surface area contributed by atoms with Crippen LogP contribution in [0.25, 0.3) is 12.2 Å². The predicted octanol–water partition coefficient (Wildman–Crippen LogP) is 5.59. The highest BCUT2D eigenvalue weighted by molar-refractivity contribution is 5.71. The summed E-state index contributed by atoms with van der Waals surface area (Å²) in [5.74, 6) is 0. The molecular formula is C19H22. The van der Waals surface area contributed by atoms with E-state index in [0.717, 1.165) is 0 Å². The van der Waals surface area contributed by atoms with Gasteiger partial charge in [-0.3, -0.25) is 0 Å². The van der Waals surface area contributed by atoms with E-state index in [9.17, 15) is 0 Å². The Kier molecular flexibility index (Phi) is 5.43. The first kappa shape index (κ1) is 13.6. The van der Waals surface area contributed by atoms with Crippen molar-refractivity contribution in [2.45, 2.75) is 32.6 Å². The van der Waals surface area contributed by atoms with Crippen molar-refractivity contribution in [1.82, 2.24) is 0 Å². The van der Waals surface area contributed by atoms with E-state index in [4.69, 9.17) is 0 Å². The maximum absolute atomic E-state index is 2.25. The fourth-order valence-electron chi connectivity index (χ4n) is 2.24. The summed E-state index contributed by atoms with van der Waals surface area (Å²) in [6, 6.07) is 19.2. The lowest BCUT2D eigenvalue weighted by Gasteiger charge is -2.05. The van der Waals surface area contributed by atoms with Gasteiger partial charge in [-0.05, 0) is 29.5 Å². The zero-order valence-electron chi connectivity index (χ0n) is 11.7. The molecule has 0 spiro atoms. The lowest BCUT2D eigenvalue weighted by atomic mass is 10.0. The molecule has 0 saturated carbocycles. The molecule has 0 nitrogen and oxygen atoms in total. The summed E-state index contributed by atoms with van der Waals surface area (Å²) in [7, 11) is 0. The number of unbranched alkanes of at least 4 members (excludes halogenated alkanes) is 2. The van der Waals surface area contributed by atoms with Crippen LogP contribution < -0.4 is 0 Å². The van der Waals surface area contributed by atoms with Crippen LogP contribution in [0.1, 0.15) is 42.9 Å². The summed E-state index contributed by atoms with van der Waals surface area (Å²) in [5.41, 5.74) is 4.07. The Bertz CT molecular complexity index is 509. The number of hydrogen-bond donors (Lipinski definition) is 0. The lowest BCUT2D eigenvalue weighted by Crippen LogP contribution is -1.89. The van der Waals surface area contributed by atoms with E-state index in [0.29, 0.717) is 0 Å². The topological polar surface area (TPSA) is 0 Å². The molecule has 2 aromatic carbocycles. The molecular weight excluding hydrogens is 228 g/mol. The van der Waals surface area contributed by atoms with Gasteiger partial charge < -0.3 is 0 Å². The van der Waals surface area contributed by atoms with Crippen LogP contribution in [-0.2, 0) is 6.42 Å². The van der Waals surface area contributed by atoms with Crippen LogP contribution in [0.15, 0.2) is 54.6 Å². The van der Waals surface area contributed by atoms with Crippen molar-refractivity contribution in [3.8, 4) is 0 Å². The number of benzene rings is 2. The standard InChI is InChI=1S/C19H22/c1-2-3-5-12-18-13-8-9-14-19(18)16-15-17-10-6-4-7-11-17/h4,6-11,13-16H,2-3,5,12H2,1H3.